The number of halogens is 1. The summed E-state index contributed by atoms with van der Waals surface area (Å²) in [4.78, 5) is 4.12. The molecule has 1 saturated heterocycles. The highest BCUT2D eigenvalue weighted by Gasteiger charge is 2.33. The minimum atomic E-state index is -3.40. The summed E-state index contributed by atoms with van der Waals surface area (Å²) in [6.45, 7) is 1.74. The van der Waals surface area contributed by atoms with E-state index in [0.29, 0.717) is 19.6 Å². The summed E-state index contributed by atoms with van der Waals surface area (Å²) >= 11 is 3.37. The molecule has 23 heavy (non-hydrogen) atoms. The van der Waals surface area contributed by atoms with Crippen molar-refractivity contribution in [1.29, 1.82) is 0 Å². The molecule has 1 aromatic heterocycles. The molecular weight excluding hydrogens is 378 g/mol. The van der Waals surface area contributed by atoms with Crippen LogP contribution >= 0.6 is 15.9 Å². The number of rotatable bonds is 4. The summed E-state index contributed by atoms with van der Waals surface area (Å²) in [7, 11) is -3.40. The van der Waals surface area contributed by atoms with Crippen LogP contribution in [0.2, 0.25) is 0 Å². The number of nitrogens with zero attached hydrogens (tertiary/aromatic N) is 2. The maximum Gasteiger partial charge on any atom is 0.218 e. The number of piperazine rings is 1. The second-order valence-electron chi connectivity index (χ2n) is 5.50. The number of hydrogen-bond acceptors (Lipinski definition) is 4. The second kappa shape index (κ2) is 7.09. The second-order valence-corrected chi connectivity index (χ2v) is 8.34. The topological polar surface area (TPSA) is 62.3 Å². The molecule has 1 fully saturated rings. The van der Waals surface area contributed by atoms with Crippen LogP contribution in [-0.2, 0) is 15.8 Å². The van der Waals surface area contributed by atoms with Crippen molar-refractivity contribution >= 4 is 26.0 Å². The monoisotopic (exact) mass is 395 g/mol. The highest BCUT2D eigenvalue weighted by atomic mass is 79.9. The zero-order valence-electron chi connectivity index (χ0n) is 12.5. The molecule has 0 spiro atoms. The minimum Gasteiger partial charge on any atom is -0.313 e. The van der Waals surface area contributed by atoms with Crippen molar-refractivity contribution in [3.63, 3.8) is 0 Å². The van der Waals surface area contributed by atoms with Crippen LogP contribution in [-0.4, -0.2) is 37.3 Å². The number of aromatic nitrogens is 1. The van der Waals surface area contributed by atoms with Gasteiger partial charge in [-0.3, -0.25) is 4.98 Å². The van der Waals surface area contributed by atoms with E-state index in [0.717, 1.165) is 15.6 Å². The van der Waals surface area contributed by atoms with Crippen molar-refractivity contribution in [2.75, 3.05) is 19.6 Å². The van der Waals surface area contributed by atoms with Crippen molar-refractivity contribution in [2.45, 2.75) is 11.8 Å². The molecule has 7 heteroatoms. The van der Waals surface area contributed by atoms with Crippen molar-refractivity contribution < 1.29 is 8.42 Å². The maximum atomic E-state index is 12.9. The van der Waals surface area contributed by atoms with Crippen molar-refractivity contribution in [3.05, 3.63) is 64.4 Å². The molecule has 3 rings (SSSR count). The Bertz CT molecular complexity index is 751. The first-order chi connectivity index (χ1) is 11.1. The first-order valence-electron chi connectivity index (χ1n) is 7.41. The van der Waals surface area contributed by atoms with Crippen LogP contribution in [0.25, 0.3) is 0 Å². The minimum absolute atomic E-state index is 0.0110. The van der Waals surface area contributed by atoms with E-state index in [1.165, 1.54) is 0 Å². The molecule has 0 bridgehead atoms. The molecule has 5 nitrogen and oxygen atoms in total. The quantitative estimate of drug-likeness (QED) is 0.862. The predicted molar refractivity (Wildman–Crippen MR) is 93.3 cm³/mol. The number of benzene rings is 1. The number of pyridine rings is 1. The third-order valence-corrected chi connectivity index (χ3v) is 6.26. The average molecular weight is 396 g/mol. The molecule has 1 N–H and O–H groups in total. The molecule has 1 aromatic carbocycles. The summed E-state index contributed by atoms with van der Waals surface area (Å²) in [6, 6.07) is 10.9. The van der Waals surface area contributed by atoms with Crippen LogP contribution in [0.1, 0.15) is 17.2 Å². The molecule has 1 aliphatic rings. The highest BCUT2D eigenvalue weighted by Crippen LogP contribution is 2.26. The molecule has 1 atom stereocenters. The van der Waals surface area contributed by atoms with Gasteiger partial charge in [0.15, 0.2) is 0 Å². The van der Waals surface area contributed by atoms with E-state index in [-0.39, 0.29) is 11.8 Å². The van der Waals surface area contributed by atoms with Gasteiger partial charge in [-0.1, -0.05) is 34.1 Å². The Morgan fingerprint density at radius 1 is 1.26 bits per heavy atom. The molecule has 0 radical (unpaired) electrons. The first-order valence-corrected chi connectivity index (χ1v) is 9.81. The zero-order valence-corrected chi connectivity index (χ0v) is 14.9. The van der Waals surface area contributed by atoms with E-state index >= 15 is 0 Å². The Labute approximate surface area is 144 Å². The summed E-state index contributed by atoms with van der Waals surface area (Å²) in [5, 5.41) is 3.27. The lowest BCUT2D eigenvalue weighted by Gasteiger charge is -2.35. The van der Waals surface area contributed by atoms with Gasteiger partial charge >= 0.3 is 0 Å². The van der Waals surface area contributed by atoms with Gasteiger partial charge in [0.1, 0.15) is 0 Å². The lowest BCUT2D eigenvalue weighted by molar-refractivity contribution is 0.271. The molecule has 1 unspecified atom stereocenters. The molecular formula is C16H18BrN3O2S. The fraction of sp³-hybridized carbons (Fsp3) is 0.312. The Hall–Kier alpha value is -1.28. The average Bonchev–Trinajstić information content (AvgIpc) is 2.58. The lowest BCUT2D eigenvalue weighted by atomic mass is 10.1. The van der Waals surface area contributed by atoms with E-state index < -0.39 is 10.0 Å². The van der Waals surface area contributed by atoms with E-state index in [4.69, 9.17) is 0 Å². The van der Waals surface area contributed by atoms with Gasteiger partial charge in [0, 0.05) is 36.5 Å². The van der Waals surface area contributed by atoms with Crippen LogP contribution < -0.4 is 5.32 Å². The van der Waals surface area contributed by atoms with Crippen molar-refractivity contribution in [2.24, 2.45) is 0 Å². The third kappa shape index (κ3) is 3.98. The van der Waals surface area contributed by atoms with Crippen LogP contribution in [0, 0.1) is 0 Å². The summed E-state index contributed by atoms with van der Waals surface area (Å²) in [6.07, 6.45) is 3.43. The highest BCUT2D eigenvalue weighted by molar-refractivity contribution is 9.10. The van der Waals surface area contributed by atoms with Gasteiger partial charge in [-0.15, -0.1) is 0 Å². The molecule has 0 aliphatic carbocycles. The molecule has 0 amide bonds. The zero-order chi connectivity index (χ0) is 16.3. The predicted octanol–water partition coefficient (Wildman–Crippen LogP) is 2.32. The van der Waals surface area contributed by atoms with Gasteiger partial charge in [0.2, 0.25) is 10.0 Å². The van der Waals surface area contributed by atoms with Gasteiger partial charge in [0.25, 0.3) is 0 Å². The number of sulfonamides is 1. The first kappa shape index (κ1) is 16.6. The van der Waals surface area contributed by atoms with Crippen LogP contribution in [0.3, 0.4) is 0 Å². The largest absolute Gasteiger partial charge is 0.313 e. The van der Waals surface area contributed by atoms with Gasteiger partial charge in [-0.05, 0) is 29.3 Å². The van der Waals surface area contributed by atoms with E-state index in [2.05, 4.69) is 26.2 Å². The normalized spacial score (nSPS) is 19.6. The van der Waals surface area contributed by atoms with Gasteiger partial charge in [0.05, 0.1) is 11.8 Å². The lowest BCUT2D eigenvalue weighted by Crippen LogP contribution is -2.48. The maximum absolute atomic E-state index is 12.9. The van der Waals surface area contributed by atoms with Crippen molar-refractivity contribution in [1.82, 2.24) is 14.6 Å². The van der Waals surface area contributed by atoms with Gasteiger partial charge < -0.3 is 5.32 Å². The fourth-order valence-corrected chi connectivity index (χ4v) is 4.75. The summed E-state index contributed by atoms with van der Waals surface area (Å²) < 4.78 is 28.3. The van der Waals surface area contributed by atoms with Crippen LogP contribution in [0.15, 0.2) is 53.3 Å². The smallest absolute Gasteiger partial charge is 0.218 e. The van der Waals surface area contributed by atoms with Crippen LogP contribution in [0.5, 0.6) is 0 Å². The Balaban J connectivity index is 1.85. The SMILES string of the molecule is O=S(=O)(Cc1ccc(Br)cc1)N1CCNCC1c1cccnc1. The van der Waals surface area contributed by atoms with E-state index in [1.54, 1.807) is 16.7 Å². The standard InChI is InChI=1S/C16H18BrN3O2S/c17-15-5-3-13(4-6-15)12-23(21,22)20-9-8-19-11-16(20)14-2-1-7-18-10-14/h1-7,10,16,19H,8-9,11-12H2. The molecule has 2 heterocycles. The number of hydrogen-bond donors (Lipinski definition) is 1. The molecule has 0 saturated carbocycles. The van der Waals surface area contributed by atoms with Crippen molar-refractivity contribution in [3.8, 4) is 0 Å². The third-order valence-electron chi connectivity index (χ3n) is 3.88. The van der Waals surface area contributed by atoms with Gasteiger partial charge in [-0.25, -0.2) is 8.42 Å². The Kier molecular flexibility index (Phi) is 5.11. The van der Waals surface area contributed by atoms with E-state index in [9.17, 15) is 8.42 Å². The summed E-state index contributed by atoms with van der Waals surface area (Å²) in [5.41, 5.74) is 1.70. The van der Waals surface area contributed by atoms with Gasteiger partial charge in [-0.2, -0.15) is 4.31 Å². The fourth-order valence-electron chi connectivity index (χ4n) is 2.75. The Morgan fingerprint density at radius 2 is 2.04 bits per heavy atom. The summed E-state index contributed by atoms with van der Waals surface area (Å²) in [5.74, 6) is 0.0110. The molecule has 2 aromatic rings. The molecule has 122 valence electrons. The Morgan fingerprint density at radius 3 is 2.74 bits per heavy atom. The van der Waals surface area contributed by atoms with E-state index in [1.807, 2.05) is 36.4 Å². The van der Waals surface area contributed by atoms with Crippen LogP contribution in [0.4, 0.5) is 0 Å². The molecule has 1 aliphatic heterocycles. The number of nitrogens with one attached hydrogen (secondary N) is 1.